The average Bonchev–Trinajstić information content (AvgIpc) is 2.49. The van der Waals surface area contributed by atoms with E-state index >= 15 is 0 Å². The fraction of sp³-hybridized carbons (Fsp3) is 0.333. The van der Waals surface area contributed by atoms with Crippen LogP contribution >= 0.6 is 0 Å². The molecule has 0 radical (unpaired) electrons. The Morgan fingerprint density at radius 2 is 2.14 bits per heavy atom. The predicted molar refractivity (Wildman–Crippen MR) is 55.5 cm³/mol. The third-order valence-electron chi connectivity index (χ3n) is 2.19. The van der Waals surface area contributed by atoms with Crippen LogP contribution < -0.4 is 10.0 Å². The van der Waals surface area contributed by atoms with Crippen LogP contribution in [0.25, 0.3) is 0 Å². The highest BCUT2D eigenvalue weighted by Crippen LogP contribution is 2.24. The van der Waals surface area contributed by atoms with Crippen molar-refractivity contribution in [3.8, 4) is 0 Å². The molecule has 0 aliphatic carbocycles. The maximum absolute atomic E-state index is 11.1. The van der Waals surface area contributed by atoms with E-state index in [0.717, 1.165) is 24.9 Å². The van der Waals surface area contributed by atoms with Crippen molar-refractivity contribution >= 4 is 15.7 Å². The van der Waals surface area contributed by atoms with Crippen molar-refractivity contribution in [2.45, 2.75) is 13.1 Å². The van der Waals surface area contributed by atoms with E-state index in [1.807, 2.05) is 12.1 Å². The molecule has 0 amide bonds. The van der Waals surface area contributed by atoms with Gasteiger partial charge in [0.2, 0.25) is 10.0 Å². The summed E-state index contributed by atoms with van der Waals surface area (Å²) in [6, 6.07) is 5.65. The fourth-order valence-electron chi connectivity index (χ4n) is 1.63. The van der Waals surface area contributed by atoms with Gasteiger partial charge in [0.1, 0.15) is 0 Å². The minimum atomic E-state index is -3.18. The first-order valence-electron chi connectivity index (χ1n) is 4.35. The topological polar surface area (TPSA) is 58.2 Å². The van der Waals surface area contributed by atoms with Gasteiger partial charge in [0.05, 0.1) is 11.9 Å². The van der Waals surface area contributed by atoms with Gasteiger partial charge in [-0.25, -0.2) is 8.42 Å². The summed E-state index contributed by atoms with van der Waals surface area (Å²) in [5.41, 5.74) is 2.91. The highest BCUT2D eigenvalue weighted by atomic mass is 32.2. The highest BCUT2D eigenvalue weighted by molar-refractivity contribution is 7.92. The summed E-state index contributed by atoms with van der Waals surface area (Å²) in [4.78, 5) is 0. The number of rotatable bonds is 2. The highest BCUT2D eigenvalue weighted by Gasteiger charge is 2.15. The van der Waals surface area contributed by atoms with E-state index in [9.17, 15) is 8.42 Å². The normalized spacial score (nSPS) is 15.2. The van der Waals surface area contributed by atoms with E-state index in [-0.39, 0.29) is 0 Å². The zero-order valence-corrected chi connectivity index (χ0v) is 8.69. The third-order valence-corrected chi connectivity index (χ3v) is 2.78. The molecule has 1 aromatic carbocycles. The van der Waals surface area contributed by atoms with Crippen LogP contribution in [0.15, 0.2) is 18.2 Å². The molecule has 2 N–H and O–H groups in total. The Bertz CT molecular complexity index is 454. The van der Waals surface area contributed by atoms with Gasteiger partial charge in [-0.15, -0.1) is 0 Å². The Balaban J connectivity index is 2.40. The summed E-state index contributed by atoms with van der Waals surface area (Å²) in [6.07, 6.45) is 1.16. The van der Waals surface area contributed by atoms with Gasteiger partial charge in [0.15, 0.2) is 0 Å². The standard InChI is InChI=1S/C9H12N2O2S/c1-14(12,13)11-9-4-2-3-7-5-10-6-8(7)9/h2-4,10-11H,5-6H2,1H3. The van der Waals surface area contributed by atoms with Gasteiger partial charge in [0, 0.05) is 13.1 Å². The first kappa shape index (κ1) is 9.48. The van der Waals surface area contributed by atoms with Gasteiger partial charge in [-0.2, -0.15) is 0 Å². The van der Waals surface area contributed by atoms with E-state index in [1.165, 1.54) is 5.56 Å². The lowest BCUT2D eigenvalue weighted by Gasteiger charge is -2.08. The molecule has 1 heterocycles. The minimum absolute atomic E-state index is 0.690. The van der Waals surface area contributed by atoms with Crippen LogP contribution in [0.2, 0.25) is 0 Å². The molecule has 1 aliphatic rings. The summed E-state index contributed by atoms with van der Waals surface area (Å²) >= 11 is 0. The van der Waals surface area contributed by atoms with Crippen molar-refractivity contribution in [2.24, 2.45) is 0 Å². The monoisotopic (exact) mass is 212 g/mol. The summed E-state index contributed by atoms with van der Waals surface area (Å²) in [6.45, 7) is 1.54. The maximum atomic E-state index is 11.1. The number of sulfonamides is 1. The molecule has 0 saturated heterocycles. The molecule has 0 saturated carbocycles. The third kappa shape index (κ3) is 1.88. The molecular weight excluding hydrogens is 200 g/mol. The Labute approximate surface area is 83.4 Å². The van der Waals surface area contributed by atoms with Crippen LogP contribution in [-0.4, -0.2) is 14.7 Å². The molecule has 4 nitrogen and oxygen atoms in total. The van der Waals surface area contributed by atoms with Crippen LogP contribution in [0.4, 0.5) is 5.69 Å². The van der Waals surface area contributed by atoms with Crippen LogP contribution in [0, 0.1) is 0 Å². The second-order valence-electron chi connectivity index (χ2n) is 3.42. The predicted octanol–water partition coefficient (Wildman–Crippen LogP) is 0.661. The largest absolute Gasteiger partial charge is 0.309 e. The van der Waals surface area contributed by atoms with Crippen LogP contribution in [0.5, 0.6) is 0 Å². The Morgan fingerprint density at radius 1 is 1.36 bits per heavy atom. The van der Waals surface area contributed by atoms with Gasteiger partial charge < -0.3 is 5.32 Å². The number of hydrogen-bond donors (Lipinski definition) is 2. The number of benzene rings is 1. The quantitative estimate of drug-likeness (QED) is 0.757. The van der Waals surface area contributed by atoms with Gasteiger partial charge in [-0.1, -0.05) is 12.1 Å². The lowest BCUT2D eigenvalue weighted by Crippen LogP contribution is -2.11. The maximum Gasteiger partial charge on any atom is 0.229 e. The molecule has 14 heavy (non-hydrogen) atoms. The van der Waals surface area contributed by atoms with E-state index in [1.54, 1.807) is 6.07 Å². The van der Waals surface area contributed by atoms with Crippen molar-refractivity contribution in [2.75, 3.05) is 11.0 Å². The Hall–Kier alpha value is -1.07. The van der Waals surface area contributed by atoms with Crippen LogP contribution in [0.3, 0.4) is 0 Å². The van der Waals surface area contributed by atoms with E-state index in [0.29, 0.717) is 5.69 Å². The smallest absolute Gasteiger partial charge is 0.229 e. The van der Waals surface area contributed by atoms with Gasteiger partial charge >= 0.3 is 0 Å². The summed E-state index contributed by atoms with van der Waals surface area (Å²) in [5.74, 6) is 0. The lowest BCUT2D eigenvalue weighted by atomic mass is 10.1. The van der Waals surface area contributed by atoms with Gasteiger partial charge in [-0.05, 0) is 17.2 Å². The molecule has 76 valence electrons. The second-order valence-corrected chi connectivity index (χ2v) is 5.17. The fourth-order valence-corrected chi connectivity index (χ4v) is 2.22. The van der Waals surface area contributed by atoms with Crippen molar-refractivity contribution in [3.05, 3.63) is 29.3 Å². The molecule has 1 aromatic rings. The zero-order valence-electron chi connectivity index (χ0n) is 7.87. The SMILES string of the molecule is CS(=O)(=O)Nc1cccc2c1CNC2. The minimum Gasteiger partial charge on any atom is -0.309 e. The Morgan fingerprint density at radius 3 is 2.86 bits per heavy atom. The molecular formula is C9H12N2O2S. The molecule has 1 aliphatic heterocycles. The van der Waals surface area contributed by atoms with Gasteiger partial charge in [0.25, 0.3) is 0 Å². The number of fused-ring (bicyclic) bond motifs is 1. The lowest BCUT2D eigenvalue weighted by molar-refractivity contribution is 0.606. The van der Waals surface area contributed by atoms with E-state index in [2.05, 4.69) is 10.0 Å². The molecule has 0 bridgehead atoms. The van der Waals surface area contributed by atoms with Gasteiger partial charge in [-0.3, -0.25) is 4.72 Å². The zero-order chi connectivity index (χ0) is 10.2. The molecule has 2 rings (SSSR count). The first-order chi connectivity index (χ1) is 6.56. The molecule has 0 atom stereocenters. The summed E-state index contributed by atoms with van der Waals surface area (Å²) < 4.78 is 24.7. The van der Waals surface area contributed by atoms with E-state index < -0.39 is 10.0 Å². The molecule has 0 fully saturated rings. The van der Waals surface area contributed by atoms with Crippen molar-refractivity contribution in [1.82, 2.24) is 5.32 Å². The van der Waals surface area contributed by atoms with Crippen molar-refractivity contribution in [1.29, 1.82) is 0 Å². The van der Waals surface area contributed by atoms with Crippen molar-refractivity contribution < 1.29 is 8.42 Å². The first-order valence-corrected chi connectivity index (χ1v) is 6.25. The number of hydrogen-bond acceptors (Lipinski definition) is 3. The molecule has 0 spiro atoms. The number of nitrogens with one attached hydrogen (secondary N) is 2. The van der Waals surface area contributed by atoms with Crippen molar-refractivity contribution in [3.63, 3.8) is 0 Å². The van der Waals surface area contributed by atoms with E-state index in [4.69, 9.17) is 0 Å². The molecule has 0 unspecified atom stereocenters. The number of anilines is 1. The molecule has 0 aromatic heterocycles. The van der Waals surface area contributed by atoms with Crippen LogP contribution in [-0.2, 0) is 23.1 Å². The molecule has 5 heteroatoms. The average molecular weight is 212 g/mol. The summed E-state index contributed by atoms with van der Waals surface area (Å²) in [7, 11) is -3.18. The Kier molecular flexibility index (Phi) is 2.20. The van der Waals surface area contributed by atoms with Crippen LogP contribution in [0.1, 0.15) is 11.1 Å². The second kappa shape index (κ2) is 3.25. The summed E-state index contributed by atoms with van der Waals surface area (Å²) in [5, 5.41) is 3.18.